The van der Waals surface area contributed by atoms with Gasteiger partial charge in [0.25, 0.3) is 0 Å². The number of likely N-dealkylation sites (tertiary alicyclic amines) is 1. The molecule has 0 N–H and O–H groups in total. The van der Waals surface area contributed by atoms with Gasteiger partial charge in [0.05, 0.1) is 18.3 Å². The molecule has 3 aromatic rings. The summed E-state index contributed by atoms with van der Waals surface area (Å²) in [6.07, 6.45) is 6.28. The lowest BCUT2D eigenvalue weighted by atomic mass is 9.87. The maximum Gasteiger partial charge on any atom is 0.233 e. The Morgan fingerprint density at radius 1 is 1.12 bits per heavy atom. The number of hydrogen-bond acceptors (Lipinski definition) is 6. The van der Waals surface area contributed by atoms with Gasteiger partial charge in [-0.05, 0) is 48.9 Å². The molecule has 34 heavy (non-hydrogen) atoms. The molecule has 0 radical (unpaired) electrons. The molecule has 1 atom stereocenters. The number of carbonyl (C=O) groups excluding carboxylic acids is 2. The number of carbonyl (C=O) groups is 2. The van der Waals surface area contributed by atoms with Crippen LogP contribution in [0.2, 0.25) is 0 Å². The first-order valence-corrected chi connectivity index (χ1v) is 12.7. The third-order valence-electron chi connectivity index (χ3n) is 6.61. The summed E-state index contributed by atoms with van der Waals surface area (Å²) in [4.78, 5) is 33.5. The van der Waals surface area contributed by atoms with Gasteiger partial charge in [-0.3, -0.25) is 14.2 Å². The van der Waals surface area contributed by atoms with Crippen LogP contribution in [0.25, 0.3) is 5.82 Å². The molecule has 9 heteroatoms. The molecule has 2 aliphatic rings. The molecule has 2 aromatic heterocycles. The topological polar surface area (TPSA) is 84.2 Å². The number of rotatable bonds is 7. The zero-order valence-corrected chi connectivity index (χ0v) is 20.1. The minimum absolute atomic E-state index is 0.0542. The van der Waals surface area contributed by atoms with E-state index in [1.165, 1.54) is 22.9 Å². The van der Waals surface area contributed by atoms with Crippen LogP contribution < -0.4 is 0 Å². The average Bonchev–Trinajstić information content (AvgIpc) is 3.48. The van der Waals surface area contributed by atoms with E-state index in [1.807, 2.05) is 40.8 Å². The highest BCUT2D eigenvalue weighted by Gasteiger charge is 2.28. The van der Waals surface area contributed by atoms with Gasteiger partial charge in [0.15, 0.2) is 11.0 Å². The maximum absolute atomic E-state index is 13.2. The quantitative estimate of drug-likeness (QED) is 0.486. The molecule has 1 aliphatic carbocycles. The predicted molar refractivity (Wildman–Crippen MR) is 129 cm³/mol. The van der Waals surface area contributed by atoms with Gasteiger partial charge in [-0.25, -0.2) is 4.98 Å². The van der Waals surface area contributed by atoms with Crippen molar-refractivity contribution in [3.8, 4) is 5.82 Å². The molecular formula is C25H28N6O2S. The van der Waals surface area contributed by atoms with E-state index in [0.29, 0.717) is 29.8 Å². The molecule has 0 saturated carbocycles. The summed E-state index contributed by atoms with van der Waals surface area (Å²) in [6.45, 7) is 1.11. The summed E-state index contributed by atoms with van der Waals surface area (Å²) in [5.41, 5.74) is 2.59. The van der Waals surface area contributed by atoms with Gasteiger partial charge in [-0.1, -0.05) is 42.1 Å². The van der Waals surface area contributed by atoms with Crippen LogP contribution >= 0.6 is 11.8 Å². The molecular weight excluding hydrogens is 448 g/mol. The minimum atomic E-state index is 0.0542. The summed E-state index contributed by atoms with van der Waals surface area (Å²) < 4.78 is 1.86. The number of pyridine rings is 1. The fourth-order valence-electron chi connectivity index (χ4n) is 4.79. The lowest BCUT2D eigenvalue weighted by Crippen LogP contribution is -2.34. The summed E-state index contributed by atoms with van der Waals surface area (Å²) >= 11 is 1.36. The van der Waals surface area contributed by atoms with Crippen LogP contribution in [0.3, 0.4) is 0 Å². The van der Waals surface area contributed by atoms with Gasteiger partial charge in [-0.2, -0.15) is 0 Å². The van der Waals surface area contributed by atoms with Crippen molar-refractivity contribution in [1.29, 1.82) is 0 Å². The van der Waals surface area contributed by atoms with Gasteiger partial charge >= 0.3 is 0 Å². The van der Waals surface area contributed by atoms with Crippen molar-refractivity contribution in [2.45, 2.75) is 49.8 Å². The number of hydrogen-bond donors (Lipinski definition) is 0. The largest absolute Gasteiger partial charge is 0.338 e. The third-order valence-corrected chi connectivity index (χ3v) is 7.52. The van der Waals surface area contributed by atoms with Crippen molar-refractivity contribution >= 4 is 23.6 Å². The number of amides is 2. The van der Waals surface area contributed by atoms with E-state index in [1.54, 1.807) is 11.1 Å². The SMILES string of the molecule is CN(C(=O)CSc1nnc(CN2CCCC2=O)n1-c1ccccn1)C1CCCc2ccccc21. The average molecular weight is 477 g/mol. The Labute approximate surface area is 203 Å². The molecule has 1 aliphatic heterocycles. The summed E-state index contributed by atoms with van der Waals surface area (Å²) in [5.74, 6) is 1.77. The van der Waals surface area contributed by atoms with Crippen molar-refractivity contribution in [2.75, 3.05) is 19.3 Å². The Kier molecular flexibility index (Phi) is 6.62. The van der Waals surface area contributed by atoms with Crippen molar-refractivity contribution < 1.29 is 9.59 Å². The van der Waals surface area contributed by atoms with E-state index in [4.69, 9.17) is 0 Å². The zero-order valence-electron chi connectivity index (χ0n) is 19.3. The van der Waals surface area contributed by atoms with Gasteiger partial charge in [-0.15, -0.1) is 10.2 Å². The summed E-state index contributed by atoms with van der Waals surface area (Å²) in [6, 6.07) is 14.2. The molecule has 8 nitrogen and oxygen atoms in total. The second-order valence-corrected chi connectivity index (χ2v) is 9.68. The fraction of sp³-hybridized carbons (Fsp3) is 0.400. The molecule has 2 amide bonds. The second kappa shape index (κ2) is 9.97. The highest BCUT2D eigenvalue weighted by Crippen LogP contribution is 2.34. The molecule has 1 aromatic carbocycles. The Morgan fingerprint density at radius 2 is 1.97 bits per heavy atom. The first kappa shape index (κ1) is 22.6. The highest BCUT2D eigenvalue weighted by atomic mass is 32.2. The lowest BCUT2D eigenvalue weighted by Gasteiger charge is -2.33. The van der Waals surface area contributed by atoms with E-state index in [2.05, 4.69) is 33.4 Å². The van der Waals surface area contributed by atoms with E-state index in [0.717, 1.165) is 32.2 Å². The maximum atomic E-state index is 13.2. The Morgan fingerprint density at radius 3 is 2.76 bits per heavy atom. The smallest absolute Gasteiger partial charge is 0.233 e. The Balaban J connectivity index is 1.33. The van der Waals surface area contributed by atoms with Crippen molar-refractivity contribution in [2.24, 2.45) is 0 Å². The minimum Gasteiger partial charge on any atom is -0.338 e. The van der Waals surface area contributed by atoms with Crippen LogP contribution in [0.5, 0.6) is 0 Å². The van der Waals surface area contributed by atoms with Crippen LogP contribution in [0.15, 0.2) is 53.8 Å². The number of aryl methyl sites for hydroxylation is 1. The van der Waals surface area contributed by atoms with Gasteiger partial charge < -0.3 is 9.80 Å². The normalized spacial score (nSPS) is 17.6. The van der Waals surface area contributed by atoms with Crippen LogP contribution in [0.4, 0.5) is 0 Å². The predicted octanol–water partition coefficient (Wildman–Crippen LogP) is 3.41. The van der Waals surface area contributed by atoms with E-state index >= 15 is 0 Å². The fourth-order valence-corrected chi connectivity index (χ4v) is 5.67. The van der Waals surface area contributed by atoms with Crippen LogP contribution in [0.1, 0.15) is 48.7 Å². The van der Waals surface area contributed by atoms with Crippen molar-refractivity contribution in [3.05, 3.63) is 65.6 Å². The summed E-state index contributed by atoms with van der Waals surface area (Å²) in [7, 11) is 1.89. The highest BCUT2D eigenvalue weighted by molar-refractivity contribution is 7.99. The van der Waals surface area contributed by atoms with Crippen LogP contribution in [-0.4, -0.2) is 60.7 Å². The molecule has 1 saturated heterocycles. The molecule has 1 fully saturated rings. The van der Waals surface area contributed by atoms with Gasteiger partial charge in [0.1, 0.15) is 5.82 Å². The first-order valence-electron chi connectivity index (χ1n) is 11.7. The van der Waals surface area contributed by atoms with Crippen molar-refractivity contribution in [3.63, 3.8) is 0 Å². The number of thioether (sulfide) groups is 1. The Hall–Kier alpha value is -3.20. The first-order chi connectivity index (χ1) is 16.6. The van der Waals surface area contributed by atoms with Gasteiger partial charge in [0, 0.05) is 26.2 Å². The number of benzene rings is 1. The number of fused-ring (bicyclic) bond motifs is 1. The zero-order chi connectivity index (χ0) is 23.5. The number of aromatic nitrogens is 4. The summed E-state index contributed by atoms with van der Waals surface area (Å²) in [5, 5.41) is 9.34. The number of nitrogens with zero attached hydrogens (tertiary/aromatic N) is 6. The molecule has 176 valence electrons. The third kappa shape index (κ3) is 4.57. The van der Waals surface area contributed by atoms with E-state index < -0.39 is 0 Å². The second-order valence-electron chi connectivity index (χ2n) is 8.74. The molecule has 0 spiro atoms. The standard InChI is InChI=1S/C25H28N6O2S/c1-29(20-11-6-9-18-8-2-3-10-19(18)20)24(33)17-34-25-28-27-22(16-30-15-7-13-23(30)32)31(25)21-12-4-5-14-26-21/h2-5,8,10,12,14,20H,6-7,9,11,13,15-17H2,1H3. The van der Waals surface area contributed by atoms with E-state index in [-0.39, 0.29) is 23.6 Å². The molecule has 5 rings (SSSR count). The molecule has 1 unspecified atom stereocenters. The molecule has 0 bridgehead atoms. The lowest BCUT2D eigenvalue weighted by molar-refractivity contribution is -0.129. The Bertz CT molecular complexity index is 1180. The van der Waals surface area contributed by atoms with E-state index in [9.17, 15) is 9.59 Å². The van der Waals surface area contributed by atoms with Crippen molar-refractivity contribution in [1.82, 2.24) is 29.5 Å². The van der Waals surface area contributed by atoms with Crippen LogP contribution in [-0.2, 0) is 22.6 Å². The van der Waals surface area contributed by atoms with Crippen LogP contribution in [0, 0.1) is 0 Å². The monoisotopic (exact) mass is 476 g/mol. The van der Waals surface area contributed by atoms with Gasteiger partial charge in [0.2, 0.25) is 11.8 Å². The molecule has 3 heterocycles.